The second kappa shape index (κ2) is 10.2. The third-order valence-electron chi connectivity index (χ3n) is 8.44. The van der Waals surface area contributed by atoms with Gasteiger partial charge in [0.05, 0.1) is 0 Å². The number of hydrogen-bond donors (Lipinski definition) is 0. The fraction of sp³-hybridized carbons (Fsp3) is 0. The number of hydrogen-bond acceptors (Lipinski definition) is 0. The number of rotatable bonds is 4. The van der Waals surface area contributed by atoms with Crippen molar-refractivity contribution in [1.29, 1.82) is 0 Å². The van der Waals surface area contributed by atoms with Crippen LogP contribution in [0.15, 0.2) is 158 Å². The molecule has 0 aliphatic rings. The highest BCUT2D eigenvalue weighted by Gasteiger charge is 2.09. The smallest absolute Gasteiger partial charge is 0.00990 e. The van der Waals surface area contributed by atoms with Crippen molar-refractivity contribution >= 4 is 55.2 Å². The lowest BCUT2D eigenvalue weighted by atomic mass is 9.92. The topological polar surface area (TPSA) is 0 Å². The van der Waals surface area contributed by atoms with Crippen LogP contribution in [0.3, 0.4) is 0 Å². The molecule has 0 unspecified atom stereocenters. The van der Waals surface area contributed by atoms with Gasteiger partial charge in [-0.3, -0.25) is 0 Å². The van der Waals surface area contributed by atoms with Crippen LogP contribution in [0.25, 0.3) is 77.5 Å². The van der Waals surface area contributed by atoms with Crippen LogP contribution in [-0.4, -0.2) is 0 Å². The van der Waals surface area contributed by atoms with E-state index in [1.54, 1.807) is 0 Å². The van der Waals surface area contributed by atoms with Gasteiger partial charge in [0.2, 0.25) is 0 Å². The second-order valence-electron chi connectivity index (χ2n) is 11.0. The number of benzene rings is 8. The van der Waals surface area contributed by atoms with E-state index in [1.165, 1.54) is 76.5 Å². The van der Waals surface area contributed by atoms with Crippen molar-refractivity contribution in [3.8, 4) is 22.3 Å². The Morgan fingerprint density at radius 2 is 0.595 bits per heavy atom. The molecule has 0 N–H and O–H groups in total. The minimum absolute atomic E-state index is 1.19. The van der Waals surface area contributed by atoms with Crippen molar-refractivity contribution in [1.82, 2.24) is 0 Å². The van der Waals surface area contributed by atoms with E-state index in [1.807, 2.05) is 0 Å². The summed E-state index contributed by atoms with van der Waals surface area (Å²) in [6, 6.07) is 57.2. The Labute approximate surface area is 245 Å². The highest BCUT2D eigenvalue weighted by Crippen LogP contribution is 2.36. The van der Waals surface area contributed by atoms with E-state index in [0.717, 1.165) is 0 Å². The average Bonchev–Trinajstić information content (AvgIpc) is 3.06. The fourth-order valence-electron chi connectivity index (χ4n) is 6.37. The Kier molecular flexibility index (Phi) is 5.90. The molecule has 0 aromatic heterocycles. The van der Waals surface area contributed by atoms with Crippen LogP contribution in [0.4, 0.5) is 0 Å². The fourth-order valence-corrected chi connectivity index (χ4v) is 6.37. The predicted octanol–water partition coefficient (Wildman–Crippen LogP) is 11.8. The summed E-state index contributed by atoms with van der Waals surface area (Å²) in [5.74, 6) is 0. The van der Waals surface area contributed by atoms with Crippen molar-refractivity contribution in [2.75, 3.05) is 0 Å². The summed E-state index contributed by atoms with van der Waals surface area (Å²) in [7, 11) is 0. The van der Waals surface area contributed by atoms with Gasteiger partial charge in [-0.05, 0) is 88.6 Å². The summed E-state index contributed by atoms with van der Waals surface area (Å²) in [6.45, 7) is 0. The first-order valence-electron chi connectivity index (χ1n) is 14.5. The molecule has 0 aliphatic carbocycles. The van der Waals surface area contributed by atoms with Crippen molar-refractivity contribution in [2.45, 2.75) is 0 Å². The Morgan fingerprint density at radius 1 is 0.262 bits per heavy atom. The van der Waals surface area contributed by atoms with E-state index in [9.17, 15) is 0 Å². The standard InChI is InChI=1S/C42H28/c1-3-15-35-31(9-1)11-5-17-37(35)39-19-7-13-33-25-23-29(27-41(33)39)21-22-30-24-26-34-14-8-20-40(42(34)28-30)38-18-6-12-32-10-2-4-16-36(32)38/h1-28H/b22-21+. The van der Waals surface area contributed by atoms with E-state index >= 15 is 0 Å². The van der Waals surface area contributed by atoms with Crippen molar-refractivity contribution in [3.63, 3.8) is 0 Å². The lowest BCUT2D eigenvalue weighted by molar-refractivity contribution is 1.66. The van der Waals surface area contributed by atoms with E-state index in [0.29, 0.717) is 0 Å². The van der Waals surface area contributed by atoms with Crippen LogP contribution in [-0.2, 0) is 0 Å². The summed E-state index contributed by atoms with van der Waals surface area (Å²) in [6.07, 6.45) is 4.47. The molecule has 0 saturated heterocycles. The maximum absolute atomic E-state index is 2.32. The summed E-state index contributed by atoms with van der Waals surface area (Å²) < 4.78 is 0. The van der Waals surface area contributed by atoms with Crippen LogP contribution >= 0.6 is 0 Å². The largest absolute Gasteiger partial charge is 0.0616 e. The first-order valence-corrected chi connectivity index (χ1v) is 14.5. The minimum atomic E-state index is 1.19. The van der Waals surface area contributed by atoms with Crippen LogP contribution in [0, 0.1) is 0 Å². The van der Waals surface area contributed by atoms with E-state index in [2.05, 4.69) is 170 Å². The monoisotopic (exact) mass is 532 g/mol. The summed E-state index contributed by atoms with van der Waals surface area (Å²) in [5, 5.41) is 10.1. The molecule has 0 spiro atoms. The molecular weight excluding hydrogens is 504 g/mol. The predicted molar refractivity (Wildman–Crippen MR) is 183 cm³/mol. The molecule has 0 aliphatic heterocycles. The maximum Gasteiger partial charge on any atom is -0.00990 e. The first-order chi connectivity index (χ1) is 20.8. The molecule has 42 heavy (non-hydrogen) atoms. The molecule has 8 aromatic rings. The van der Waals surface area contributed by atoms with Gasteiger partial charge in [0.25, 0.3) is 0 Å². The molecule has 0 fully saturated rings. The second-order valence-corrected chi connectivity index (χ2v) is 11.0. The Balaban J connectivity index is 1.21. The van der Waals surface area contributed by atoms with Crippen LogP contribution in [0.2, 0.25) is 0 Å². The maximum atomic E-state index is 2.32. The molecule has 0 heterocycles. The van der Waals surface area contributed by atoms with Crippen molar-refractivity contribution in [3.05, 3.63) is 169 Å². The third-order valence-corrected chi connectivity index (χ3v) is 8.44. The molecule has 0 radical (unpaired) electrons. The number of fused-ring (bicyclic) bond motifs is 4. The van der Waals surface area contributed by atoms with Crippen LogP contribution in [0.5, 0.6) is 0 Å². The highest BCUT2D eigenvalue weighted by atomic mass is 14.1. The zero-order chi connectivity index (χ0) is 27.9. The quantitative estimate of drug-likeness (QED) is 0.198. The van der Waals surface area contributed by atoms with E-state index in [4.69, 9.17) is 0 Å². The summed E-state index contributed by atoms with van der Waals surface area (Å²) >= 11 is 0. The van der Waals surface area contributed by atoms with Gasteiger partial charge in [-0.25, -0.2) is 0 Å². The molecule has 0 saturated carbocycles. The summed E-state index contributed by atoms with van der Waals surface area (Å²) in [4.78, 5) is 0. The SMILES string of the molecule is C(=C\c1ccc2cccc(-c3cccc4ccccc34)c2c1)/c1ccc2cccc(-c3cccc4ccccc34)c2c1. The molecule has 0 bridgehead atoms. The summed E-state index contributed by atoms with van der Waals surface area (Å²) in [5.41, 5.74) is 7.47. The molecule has 196 valence electrons. The first kappa shape index (κ1) is 24.3. The third kappa shape index (κ3) is 4.26. The Hall–Kier alpha value is -5.46. The van der Waals surface area contributed by atoms with Gasteiger partial charge in [-0.15, -0.1) is 0 Å². The average molecular weight is 533 g/mol. The van der Waals surface area contributed by atoms with Crippen molar-refractivity contribution < 1.29 is 0 Å². The van der Waals surface area contributed by atoms with Gasteiger partial charge in [0, 0.05) is 0 Å². The van der Waals surface area contributed by atoms with E-state index < -0.39 is 0 Å². The lowest BCUT2D eigenvalue weighted by Gasteiger charge is -2.11. The van der Waals surface area contributed by atoms with Gasteiger partial charge >= 0.3 is 0 Å². The van der Waals surface area contributed by atoms with Gasteiger partial charge < -0.3 is 0 Å². The molecular formula is C42H28. The zero-order valence-electron chi connectivity index (χ0n) is 23.2. The molecule has 0 atom stereocenters. The molecule has 0 amide bonds. The molecule has 8 aromatic carbocycles. The molecule has 0 heteroatoms. The zero-order valence-corrected chi connectivity index (χ0v) is 23.2. The van der Waals surface area contributed by atoms with Gasteiger partial charge in [0.15, 0.2) is 0 Å². The van der Waals surface area contributed by atoms with Gasteiger partial charge in [-0.1, -0.05) is 158 Å². The van der Waals surface area contributed by atoms with E-state index in [-0.39, 0.29) is 0 Å². The van der Waals surface area contributed by atoms with Crippen LogP contribution in [0.1, 0.15) is 11.1 Å². The molecule has 8 rings (SSSR count). The van der Waals surface area contributed by atoms with Crippen molar-refractivity contribution in [2.24, 2.45) is 0 Å². The Bertz CT molecular complexity index is 2130. The highest BCUT2D eigenvalue weighted by molar-refractivity contribution is 6.07. The van der Waals surface area contributed by atoms with Crippen LogP contribution < -0.4 is 0 Å². The minimum Gasteiger partial charge on any atom is -0.0616 e. The normalized spacial score (nSPS) is 11.7. The Morgan fingerprint density at radius 3 is 1.02 bits per heavy atom. The van der Waals surface area contributed by atoms with Gasteiger partial charge in [0.1, 0.15) is 0 Å². The molecule has 0 nitrogen and oxygen atoms in total. The lowest BCUT2D eigenvalue weighted by Crippen LogP contribution is -1.85. The van der Waals surface area contributed by atoms with Gasteiger partial charge in [-0.2, -0.15) is 0 Å².